The maximum atomic E-state index is 12.5. The highest BCUT2D eigenvalue weighted by atomic mass is 127. The number of esters is 1. The largest absolute Gasteiger partial charge is 0.481 e. The predicted molar refractivity (Wildman–Crippen MR) is 78.8 cm³/mol. The van der Waals surface area contributed by atoms with E-state index in [1.54, 1.807) is 0 Å². The summed E-state index contributed by atoms with van der Waals surface area (Å²) < 4.78 is 5.55. The number of carboxylic acids is 1. The molecule has 1 aromatic rings. The van der Waals surface area contributed by atoms with Crippen LogP contribution < -0.4 is 0 Å². The SMILES string of the molecule is O=C1OC2CC13Cc1ccccc1C3(C(=O)O)CC2I. The highest BCUT2D eigenvalue weighted by molar-refractivity contribution is 14.1. The maximum Gasteiger partial charge on any atom is 0.315 e. The van der Waals surface area contributed by atoms with E-state index in [0.717, 1.165) is 11.1 Å². The summed E-state index contributed by atoms with van der Waals surface area (Å²) in [6.07, 6.45) is 1.36. The van der Waals surface area contributed by atoms with Crippen molar-refractivity contribution in [3.63, 3.8) is 0 Å². The van der Waals surface area contributed by atoms with Crippen molar-refractivity contribution in [2.75, 3.05) is 0 Å². The van der Waals surface area contributed by atoms with Crippen molar-refractivity contribution < 1.29 is 19.4 Å². The van der Waals surface area contributed by atoms with Crippen LogP contribution in [-0.2, 0) is 26.2 Å². The lowest BCUT2D eigenvalue weighted by molar-refractivity contribution is -0.159. The number of hydrogen-bond acceptors (Lipinski definition) is 3. The molecule has 1 aliphatic heterocycles. The minimum Gasteiger partial charge on any atom is -0.481 e. The number of carbonyl (C=O) groups is 2. The van der Waals surface area contributed by atoms with E-state index in [4.69, 9.17) is 4.74 Å². The van der Waals surface area contributed by atoms with Gasteiger partial charge in [-0.1, -0.05) is 46.9 Å². The van der Waals surface area contributed by atoms with Crippen molar-refractivity contribution in [3.8, 4) is 0 Å². The van der Waals surface area contributed by atoms with Crippen molar-refractivity contribution in [3.05, 3.63) is 35.4 Å². The molecule has 2 fully saturated rings. The van der Waals surface area contributed by atoms with Gasteiger partial charge >= 0.3 is 11.9 Å². The smallest absolute Gasteiger partial charge is 0.315 e. The second-order valence-electron chi connectivity index (χ2n) is 5.99. The van der Waals surface area contributed by atoms with Gasteiger partial charge in [0.25, 0.3) is 0 Å². The lowest BCUT2D eigenvalue weighted by Gasteiger charge is -2.42. The lowest BCUT2D eigenvalue weighted by atomic mass is 9.57. The van der Waals surface area contributed by atoms with Gasteiger partial charge < -0.3 is 9.84 Å². The van der Waals surface area contributed by atoms with E-state index in [1.165, 1.54) is 0 Å². The summed E-state index contributed by atoms with van der Waals surface area (Å²) in [6.45, 7) is 0. The Bertz CT molecular complexity index is 643. The molecule has 4 atom stereocenters. The third kappa shape index (κ3) is 1.19. The van der Waals surface area contributed by atoms with Crippen LogP contribution in [0.3, 0.4) is 0 Å². The van der Waals surface area contributed by atoms with Crippen LogP contribution in [0.15, 0.2) is 24.3 Å². The molecule has 3 aliphatic rings. The van der Waals surface area contributed by atoms with Crippen LogP contribution in [0.2, 0.25) is 0 Å². The van der Waals surface area contributed by atoms with E-state index >= 15 is 0 Å². The Balaban J connectivity index is 2.04. The molecule has 0 amide bonds. The number of aliphatic carboxylic acids is 1. The molecule has 5 heteroatoms. The number of fused-ring (bicyclic) bond motifs is 3. The second-order valence-corrected chi connectivity index (χ2v) is 7.59. The molecular weight excluding hydrogens is 371 g/mol. The molecule has 0 aromatic heterocycles. The summed E-state index contributed by atoms with van der Waals surface area (Å²) in [6, 6.07) is 7.57. The first-order valence-electron chi connectivity index (χ1n) is 6.68. The molecular formula is C15H13IO4. The van der Waals surface area contributed by atoms with Gasteiger partial charge in [0.2, 0.25) is 0 Å². The van der Waals surface area contributed by atoms with Gasteiger partial charge in [0.1, 0.15) is 11.5 Å². The van der Waals surface area contributed by atoms with Crippen molar-refractivity contribution in [2.24, 2.45) is 5.41 Å². The van der Waals surface area contributed by atoms with E-state index < -0.39 is 16.8 Å². The van der Waals surface area contributed by atoms with E-state index in [0.29, 0.717) is 19.3 Å². The molecule has 1 saturated heterocycles. The summed E-state index contributed by atoms with van der Waals surface area (Å²) in [4.78, 5) is 24.7. The first-order valence-corrected chi connectivity index (χ1v) is 7.93. The zero-order chi connectivity index (χ0) is 14.1. The summed E-state index contributed by atoms with van der Waals surface area (Å²) in [5.74, 6) is -1.21. The Labute approximate surface area is 129 Å². The Morgan fingerprint density at radius 1 is 1.35 bits per heavy atom. The first-order chi connectivity index (χ1) is 9.51. The molecule has 2 bridgehead atoms. The van der Waals surface area contributed by atoms with Crippen molar-refractivity contribution in [2.45, 2.75) is 34.7 Å². The van der Waals surface area contributed by atoms with Gasteiger partial charge in [-0.3, -0.25) is 9.59 Å². The second kappa shape index (κ2) is 3.75. The van der Waals surface area contributed by atoms with Crippen LogP contribution in [-0.4, -0.2) is 27.1 Å². The Kier molecular flexibility index (Phi) is 2.37. The van der Waals surface area contributed by atoms with E-state index in [-0.39, 0.29) is 16.0 Å². The number of halogens is 1. The molecule has 4 rings (SSSR count). The minimum atomic E-state index is -1.11. The number of benzene rings is 1. The molecule has 1 heterocycles. The summed E-state index contributed by atoms with van der Waals surface area (Å²) in [7, 11) is 0. The molecule has 1 saturated carbocycles. The zero-order valence-electron chi connectivity index (χ0n) is 10.6. The maximum absolute atomic E-state index is 12.5. The number of rotatable bonds is 1. The van der Waals surface area contributed by atoms with Gasteiger partial charge in [0.15, 0.2) is 0 Å². The average molecular weight is 384 g/mol. The van der Waals surface area contributed by atoms with E-state index in [1.807, 2.05) is 24.3 Å². The highest BCUT2D eigenvalue weighted by Crippen LogP contribution is 2.64. The lowest BCUT2D eigenvalue weighted by Crippen LogP contribution is -2.55. The van der Waals surface area contributed by atoms with Crippen LogP contribution in [0.25, 0.3) is 0 Å². The van der Waals surface area contributed by atoms with Gasteiger partial charge in [-0.15, -0.1) is 0 Å². The molecule has 20 heavy (non-hydrogen) atoms. The fraction of sp³-hybridized carbons (Fsp3) is 0.467. The van der Waals surface area contributed by atoms with Crippen molar-refractivity contribution >= 4 is 34.5 Å². The fourth-order valence-electron chi connectivity index (χ4n) is 4.37. The van der Waals surface area contributed by atoms with Crippen LogP contribution in [0, 0.1) is 5.41 Å². The number of alkyl halides is 1. The Morgan fingerprint density at radius 2 is 2.10 bits per heavy atom. The average Bonchev–Trinajstić information content (AvgIpc) is 2.87. The predicted octanol–water partition coefficient (Wildman–Crippen LogP) is 2.07. The molecule has 1 aromatic carbocycles. The Morgan fingerprint density at radius 3 is 2.85 bits per heavy atom. The molecule has 4 nitrogen and oxygen atoms in total. The third-order valence-corrected chi connectivity index (χ3v) is 6.50. The van der Waals surface area contributed by atoms with Crippen LogP contribution in [0.5, 0.6) is 0 Å². The molecule has 104 valence electrons. The summed E-state index contributed by atoms with van der Waals surface area (Å²) in [5.41, 5.74) is -0.210. The highest BCUT2D eigenvalue weighted by Gasteiger charge is 2.73. The first kappa shape index (κ1) is 12.6. The van der Waals surface area contributed by atoms with E-state index in [9.17, 15) is 14.7 Å². The third-order valence-electron chi connectivity index (χ3n) is 5.25. The van der Waals surface area contributed by atoms with Crippen molar-refractivity contribution in [1.82, 2.24) is 0 Å². The summed E-state index contributed by atoms with van der Waals surface area (Å²) in [5, 5.41) is 9.99. The summed E-state index contributed by atoms with van der Waals surface area (Å²) >= 11 is 2.23. The van der Waals surface area contributed by atoms with Gasteiger partial charge in [0, 0.05) is 10.3 Å². The van der Waals surface area contributed by atoms with Gasteiger partial charge in [-0.05, 0) is 24.0 Å². The number of hydrogen-bond donors (Lipinski definition) is 1. The standard InChI is InChI=1S/C15H13IO4/c16-10-6-15(12(17)18)9-4-2-1-3-8(9)5-14(15)7-11(10)20-13(14)19/h1-4,10-11H,5-7H2,(H,17,18). The minimum absolute atomic E-state index is 0.0504. The van der Waals surface area contributed by atoms with Crippen LogP contribution in [0.1, 0.15) is 24.0 Å². The molecule has 2 aliphatic carbocycles. The van der Waals surface area contributed by atoms with Crippen LogP contribution >= 0.6 is 22.6 Å². The van der Waals surface area contributed by atoms with Crippen molar-refractivity contribution in [1.29, 1.82) is 0 Å². The van der Waals surface area contributed by atoms with Gasteiger partial charge in [0.05, 0.1) is 5.41 Å². The topological polar surface area (TPSA) is 63.6 Å². The molecule has 1 spiro atoms. The molecule has 0 radical (unpaired) electrons. The van der Waals surface area contributed by atoms with Crippen LogP contribution in [0.4, 0.5) is 0 Å². The normalized spacial score (nSPS) is 41.0. The van der Waals surface area contributed by atoms with E-state index in [2.05, 4.69) is 22.6 Å². The molecule has 1 N–H and O–H groups in total. The monoisotopic (exact) mass is 384 g/mol. The number of carboxylic acid groups (broad SMARTS) is 1. The zero-order valence-corrected chi connectivity index (χ0v) is 12.8. The van der Waals surface area contributed by atoms with Gasteiger partial charge in [-0.2, -0.15) is 0 Å². The fourth-order valence-corrected chi connectivity index (χ4v) is 5.44. The number of carbonyl (C=O) groups excluding carboxylic acids is 1. The Hall–Kier alpha value is -1.11. The number of ether oxygens (including phenoxy) is 1. The van der Waals surface area contributed by atoms with Gasteiger partial charge in [-0.25, -0.2) is 0 Å². The quantitative estimate of drug-likeness (QED) is 0.458. The molecule has 4 unspecified atom stereocenters.